The Balaban J connectivity index is 4.47. The molecule has 0 atom stereocenters. The predicted molar refractivity (Wildman–Crippen MR) is 243 cm³/mol. The highest BCUT2D eigenvalue weighted by Gasteiger charge is 2.43. The van der Waals surface area contributed by atoms with Gasteiger partial charge in [0.05, 0.1) is 0 Å². The second-order valence-corrected chi connectivity index (χ2v) is 18.0. The summed E-state index contributed by atoms with van der Waals surface area (Å²) in [7, 11) is 0. The molecule has 0 aromatic heterocycles. The van der Waals surface area contributed by atoms with Crippen LogP contribution in [0.3, 0.4) is 0 Å². The van der Waals surface area contributed by atoms with Crippen molar-refractivity contribution in [2.24, 2.45) is 5.41 Å². The Kier molecular flexibility index (Phi) is 43.3. The molecule has 326 valence electrons. The van der Waals surface area contributed by atoms with E-state index in [1.807, 2.05) is 0 Å². The summed E-state index contributed by atoms with van der Waals surface area (Å²) in [4.78, 5) is 40.1. The lowest BCUT2D eigenvalue weighted by Gasteiger charge is -2.25. The number of Topliss-reactive ketones (excluding diaryl/α,β-unsaturated/α-hetero) is 2. The number of carbonyl (C=O) groups excluding carboxylic acids is 3. The largest absolute Gasteiger partial charge is 0.302 e. The normalized spacial score (nSPS) is 11.8. The van der Waals surface area contributed by atoms with Crippen molar-refractivity contribution in [1.82, 2.24) is 0 Å². The van der Waals surface area contributed by atoms with Crippen LogP contribution in [0, 0.1) is 5.41 Å². The van der Waals surface area contributed by atoms with Crippen LogP contribution in [0.5, 0.6) is 0 Å². The van der Waals surface area contributed by atoms with E-state index in [4.69, 9.17) is 0 Å². The third-order valence-corrected chi connectivity index (χ3v) is 12.6. The fraction of sp³-hybridized carbons (Fsp3) is 0.942. The van der Waals surface area contributed by atoms with Crippen LogP contribution < -0.4 is 0 Å². The first kappa shape index (κ1) is 54.0. The molecule has 0 aromatic rings. The molecule has 3 nitrogen and oxygen atoms in total. The molecule has 0 unspecified atom stereocenters. The summed E-state index contributed by atoms with van der Waals surface area (Å²) in [5.41, 5.74) is -1.38. The van der Waals surface area contributed by atoms with Crippen molar-refractivity contribution in [2.45, 2.75) is 310 Å². The molecule has 0 heterocycles. The molecule has 0 saturated carbocycles. The van der Waals surface area contributed by atoms with Crippen molar-refractivity contribution in [2.75, 3.05) is 0 Å². The van der Waals surface area contributed by atoms with Gasteiger partial charge in [0.25, 0.3) is 0 Å². The van der Waals surface area contributed by atoms with E-state index in [1.54, 1.807) is 0 Å². The number of hydrogen-bond donors (Lipinski definition) is 0. The molecule has 0 aliphatic carbocycles. The van der Waals surface area contributed by atoms with Crippen molar-refractivity contribution >= 4 is 17.9 Å². The van der Waals surface area contributed by atoms with Crippen LogP contribution >= 0.6 is 0 Å². The Morgan fingerprint density at radius 2 is 0.473 bits per heavy atom. The molecular weight excluding hydrogens is 673 g/mol. The number of aldehydes is 1. The van der Waals surface area contributed by atoms with Gasteiger partial charge in [0.1, 0.15) is 11.7 Å². The Hall–Kier alpha value is -0.990. The Labute approximate surface area is 346 Å². The van der Waals surface area contributed by atoms with Crippen LogP contribution in [-0.2, 0) is 14.4 Å². The molecule has 0 spiro atoms. The lowest BCUT2D eigenvalue weighted by Crippen LogP contribution is -2.41. The minimum atomic E-state index is -1.38. The zero-order valence-electron chi connectivity index (χ0n) is 38.1. The Morgan fingerprint density at radius 3 is 0.673 bits per heavy atom. The van der Waals surface area contributed by atoms with E-state index < -0.39 is 5.41 Å². The molecule has 0 bridgehead atoms. The molecule has 3 heteroatoms. The van der Waals surface area contributed by atoms with E-state index in [0.29, 0.717) is 19.3 Å². The maximum absolute atomic E-state index is 13.7. The van der Waals surface area contributed by atoms with Crippen LogP contribution in [0.25, 0.3) is 0 Å². The van der Waals surface area contributed by atoms with E-state index in [2.05, 4.69) is 20.8 Å². The maximum Gasteiger partial charge on any atom is 0.153 e. The molecule has 0 saturated heterocycles. The Morgan fingerprint density at radius 1 is 0.291 bits per heavy atom. The Bertz CT molecular complexity index is 757. The number of unbranched alkanes of at least 4 members (excludes halogenated alkanes) is 39. The smallest absolute Gasteiger partial charge is 0.153 e. The second-order valence-electron chi connectivity index (χ2n) is 18.0. The standard InChI is InChI=1S/C52H100O3/c1-4-7-10-13-16-19-22-25-27-29-31-34-37-40-43-46-50(54)52(49-53,48-45-42-39-36-33-24-21-18-15-12-9-6-3)51(55)47-44-41-38-35-32-30-28-26-23-20-17-14-11-8-5-2/h49H,4-48H2,1-3H3. The fourth-order valence-corrected chi connectivity index (χ4v) is 8.63. The number of rotatable bonds is 48. The van der Waals surface area contributed by atoms with Crippen molar-refractivity contribution < 1.29 is 14.4 Å². The third-order valence-electron chi connectivity index (χ3n) is 12.6. The van der Waals surface area contributed by atoms with Gasteiger partial charge in [-0.2, -0.15) is 0 Å². The summed E-state index contributed by atoms with van der Waals surface area (Å²) in [6, 6.07) is 0. The van der Waals surface area contributed by atoms with Gasteiger partial charge >= 0.3 is 0 Å². The molecule has 0 rings (SSSR count). The van der Waals surface area contributed by atoms with E-state index in [1.165, 1.54) is 212 Å². The molecular formula is C52H100O3. The number of hydrogen-bond acceptors (Lipinski definition) is 3. The number of carbonyl (C=O) groups is 3. The van der Waals surface area contributed by atoms with Crippen LogP contribution in [0.1, 0.15) is 310 Å². The highest BCUT2D eigenvalue weighted by Crippen LogP contribution is 2.31. The van der Waals surface area contributed by atoms with E-state index in [9.17, 15) is 14.4 Å². The summed E-state index contributed by atoms with van der Waals surface area (Å²) in [6.07, 6.45) is 55.6. The van der Waals surface area contributed by atoms with E-state index in [-0.39, 0.29) is 11.6 Å². The van der Waals surface area contributed by atoms with E-state index >= 15 is 0 Å². The average molecular weight is 773 g/mol. The van der Waals surface area contributed by atoms with Crippen LogP contribution in [0.2, 0.25) is 0 Å². The van der Waals surface area contributed by atoms with Gasteiger partial charge in [-0.05, 0) is 19.3 Å². The summed E-state index contributed by atoms with van der Waals surface area (Å²) in [5, 5.41) is 0. The monoisotopic (exact) mass is 773 g/mol. The van der Waals surface area contributed by atoms with Gasteiger partial charge in [0.2, 0.25) is 0 Å². The number of ketones is 2. The first-order valence-electron chi connectivity index (χ1n) is 25.6. The quantitative estimate of drug-likeness (QED) is 0.0352. The second kappa shape index (κ2) is 44.1. The predicted octanol–water partition coefficient (Wildman–Crippen LogP) is 17.9. The highest BCUT2D eigenvalue weighted by molar-refractivity contribution is 6.18. The van der Waals surface area contributed by atoms with Gasteiger partial charge in [-0.25, -0.2) is 0 Å². The van der Waals surface area contributed by atoms with Gasteiger partial charge in [-0.1, -0.05) is 278 Å². The van der Waals surface area contributed by atoms with Gasteiger partial charge in [-0.15, -0.1) is 0 Å². The topological polar surface area (TPSA) is 51.2 Å². The summed E-state index contributed by atoms with van der Waals surface area (Å²) < 4.78 is 0. The zero-order valence-corrected chi connectivity index (χ0v) is 38.1. The lowest BCUT2D eigenvalue weighted by molar-refractivity contribution is -0.145. The van der Waals surface area contributed by atoms with Crippen molar-refractivity contribution in [1.29, 1.82) is 0 Å². The van der Waals surface area contributed by atoms with Crippen LogP contribution in [0.15, 0.2) is 0 Å². The van der Waals surface area contributed by atoms with Gasteiger partial charge in [0, 0.05) is 12.8 Å². The minimum Gasteiger partial charge on any atom is -0.302 e. The van der Waals surface area contributed by atoms with Gasteiger partial charge in [-0.3, -0.25) is 9.59 Å². The molecule has 0 aliphatic heterocycles. The van der Waals surface area contributed by atoms with Crippen molar-refractivity contribution in [3.8, 4) is 0 Å². The summed E-state index contributed by atoms with van der Waals surface area (Å²) in [5.74, 6) is -0.155. The zero-order chi connectivity index (χ0) is 40.2. The van der Waals surface area contributed by atoms with Crippen LogP contribution in [-0.4, -0.2) is 17.9 Å². The molecule has 0 radical (unpaired) electrons. The van der Waals surface area contributed by atoms with Gasteiger partial charge < -0.3 is 4.79 Å². The summed E-state index contributed by atoms with van der Waals surface area (Å²) in [6.45, 7) is 6.84. The molecule has 0 N–H and O–H groups in total. The molecule has 0 amide bonds. The van der Waals surface area contributed by atoms with Crippen LogP contribution in [0.4, 0.5) is 0 Å². The SMILES string of the molecule is CCCCCCCCCCCCCCCCCC(=O)C(C=O)(CCCCCCCCCCCCCC)C(=O)CCCCCCCCCCCCCCCCC. The van der Waals surface area contributed by atoms with Crippen molar-refractivity contribution in [3.63, 3.8) is 0 Å². The molecule has 0 aromatic carbocycles. The lowest BCUT2D eigenvalue weighted by atomic mass is 9.73. The minimum absolute atomic E-state index is 0.0776. The van der Waals surface area contributed by atoms with Crippen molar-refractivity contribution in [3.05, 3.63) is 0 Å². The third kappa shape index (κ3) is 34.7. The summed E-state index contributed by atoms with van der Waals surface area (Å²) >= 11 is 0. The maximum atomic E-state index is 13.7. The average Bonchev–Trinajstić information content (AvgIpc) is 3.19. The molecule has 55 heavy (non-hydrogen) atoms. The molecule has 0 aliphatic rings. The first-order valence-corrected chi connectivity index (χ1v) is 25.6. The fourth-order valence-electron chi connectivity index (χ4n) is 8.63. The van der Waals surface area contributed by atoms with E-state index in [0.717, 1.165) is 64.1 Å². The molecule has 0 fully saturated rings. The highest BCUT2D eigenvalue weighted by atomic mass is 16.2. The first-order chi connectivity index (χ1) is 27.1. The van der Waals surface area contributed by atoms with Gasteiger partial charge in [0.15, 0.2) is 11.6 Å².